The molecule has 1 heterocycles. The van der Waals surface area contributed by atoms with E-state index in [9.17, 15) is 0 Å². The van der Waals surface area contributed by atoms with Gasteiger partial charge in [0.15, 0.2) is 0 Å². The summed E-state index contributed by atoms with van der Waals surface area (Å²) in [4.78, 5) is 0. The smallest absolute Gasteiger partial charge is 0.0894 e. The summed E-state index contributed by atoms with van der Waals surface area (Å²) in [5, 5.41) is 0. The summed E-state index contributed by atoms with van der Waals surface area (Å²) in [6.45, 7) is 1.03. The molecule has 66 valence electrons. The second-order valence-corrected chi connectivity index (χ2v) is 4.59. The third-order valence-electron chi connectivity index (χ3n) is 3.89. The van der Waals surface area contributed by atoms with Gasteiger partial charge in [0, 0.05) is 0 Å². The standard InChI is InChI=1S/C11H16O/c1-2-6-11-7-9(8-12-11)4-5-10(11)3-1/h2,6,9-10H,1,3-5,7-8H2. The molecular weight excluding hydrogens is 148 g/mol. The van der Waals surface area contributed by atoms with Crippen LogP contribution in [-0.4, -0.2) is 12.2 Å². The molecular formula is C11H16O. The van der Waals surface area contributed by atoms with Crippen LogP contribution in [0.25, 0.3) is 0 Å². The Bertz CT molecular complexity index is 221. The Morgan fingerprint density at radius 1 is 1.25 bits per heavy atom. The van der Waals surface area contributed by atoms with Gasteiger partial charge in [-0.3, -0.25) is 0 Å². The van der Waals surface area contributed by atoms with Crippen LogP contribution in [0, 0.1) is 11.8 Å². The first kappa shape index (κ1) is 7.14. The first-order chi connectivity index (χ1) is 5.89. The molecule has 1 nitrogen and oxygen atoms in total. The minimum atomic E-state index is 0.209. The van der Waals surface area contributed by atoms with Gasteiger partial charge in [0.25, 0.3) is 0 Å². The Balaban J connectivity index is 1.97. The van der Waals surface area contributed by atoms with Crippen molar-refractivity contribution in [3.63, 3.8) is 0 Å². The van der Waals surface area contributed by atoms with Gasteiger partial charge in [0.2, 0.25) is 0 Å². The highest BCUT2D eigenvalue weighted by atomic mass is 16.5. The molecule has 3 aliphatic rings. The normalized spacial score (nSPS) is 50.7. The molecule has 3 unspecified atom stereocenters. The van der Waals surface area contributed by atoms with Gasteiger partial charge in [-0.15, -0.1) is 0 Å². The van der Waals surface area contributed by atoms with Crippen LogP contribution in [0.15, 0.2) is 12.2 Å². The molecule has 3 atom stereocenters. The molecule has 1 saturated heterocycles. The summed E-state index contributed by atoms with van der Waals surface area (Å²) in [7, 11) is 0. The van der Waals surface area contributed by atoms with Crippen molar-refractivity contribution in [3.8, 4) is 0 Å². The van der Waals surface area contributed by atoms with Gasteiger partial charge in [0.05, 0.1) is 12.2 Å². The third kappa shape index (κ3) is 0.832. The minimum absolute atomic E-state index is 0.209. The molecule has 0 aromatic rings. The molecule has 12 heavy (non-hydrogen) atoms. The van der Waals surface area contributed by atoms with Crippen LogP contribution in [0.4, 0.5) is 0 Å². The lowest BCUT2D eigenvalue weighted by Gasteiger charge is -2.39. The molecule has 1 saturated carbocycles. The van der Waals surface area contributed by atoms with E-state index >= 15 is 0 Å². The molecule has 3 rings (SSSR count). The SMILES string of the molecule is C1=CC23CC(CCC2CC1)CO3. The summed E-state index contributed by atoms with van der Waals surface area (Å²) in [5.74, 6) is 1.73. The summed E-state index contributed by atoms with van der Waals surface area (Å²) < 4.78 is 5.98. The second-order valence-electron chi connectivity index (χ2n) is 4.59. The zero-order valence-electron chi connectivity index (χ0n) is 7.46. The van der Waals surface area contributed by atoms with E-state index in [1.807, 2.05) is 0 Å². The third-order valence-corrected chi connectivity index (χ3v) is 3.89. The van der Waals surface area contributed by atoms with Crippen molar-refractivity contribution in [2.24, 2.45) is 11.8 Å². The fourth-order valence-electron chi connectivity index (χ4n) is 3.21. The quantitative estimate of drug-likeness (QED) is 0.500. The molecule has 2 aliphatic carbocycles. The van der Waals surface area contributed by atoms with Gasteiger partial charge >= 0.3 is 0 Å². The zero-order valence-corrected chi connectivity index (χ0v) is 7.46. The van der Waals surface area contributed by atoms with Crippen LogP contribution in [0.2, 0.25) is 0 Å². The number of hydrogen-bond acceptors (Lipinski definition) is 1. The number of hydrogen-bond donors (Lipinski definition) is 0. The fourth-order valence-corrected chi connectivity index (χ4v) is 3.21. The van der Waals surface area contributed by atoms with Crippen LogP contribution in [0.5, 0.6) is 0 Å². The number of fused-ring (bicyclic) bond motifs is 1. The van der Waals surface area contributed by atoms with E-state index in [4.69, 9.17) is 4.74 Å². The molecule has 1 aliphatic heterocycles. The Kier molecular flexibility index (Phi) is 1.40. The topological polar surface area (TPSA) is 9.23 Å². The predicted molar refractivity (Wildman–Crippen MR) is 47.9 cm³/mol. The van der Waals surface area contributed by atoms with Gasteiger partial charge in [0.1, 0.15) is 0 Å². The Labute approximate surface area is 73.8 Å². The molecule has 1 spiro atoms. The van der Waals surface area contributed by atoms with Crippen molar-refractivity contribution in [2.45, 2.75) is 37.7 Å². The zero-order chi connectivity index (χ0) is 8.02. The van der Waals surface area contributed by atoms with Gasteiger partial charge in [-0.05, 0) is 43.9 Å². The van der Waals surface area contributed by atoms with Crippen LogP contribution in [0.3, 0.4) is 0 Å². The Morgan fingerprint density at radius 2 is 2.25 bits per heavy atom. The van der Waals surface area contributed by atoms with Crippen LogP contribution >= 0.6 is 0 Å². The van der Waals surface area contributed by atoms with Crippen LogP contribution in [-0.2, 0) is 4.74 Å². The molecule has 0 aromatic carbocycles. The highest BCUT2D eigenvalue weighted by molar-refractivity contribution is 5.14. The van der Waals surface area contributed by atoms with Crippen molar-refractivity contribution in [3.05, 3.63) is 12.2 Å². The molecule has 1 heteroatoms. The maximum Gasteiger partial charge on any atom is 0.0894 e. The molecule has 0 radical (unpaired) electrons. The lowest BCUT2D eigenvalue weighted by atomic mass is 9.69. The van der Waals surface area contributed by atoms with E-state index in [0.717, 1.165) is 18.4 Å². The molecule has 2 fully saturated rings. The second kappa shape index (κ2) is 2.35. The first-order valence-corrected chi connectivity index (χ1v) is 5.21. The summed E-state index contributed by atoms with van der Waals surface area (Å²) >= 11 is 0. The lowest BCUT2D eigenvalue weighted by Crippen LogP contribution is -2.39. The summed E-state index contributed by atoms with van der Waals surface area (Å²) in [6, 6.07) is 0. The lowest BCUT2D eigenvalue weighted by molar-refractivity contribution is -0.0115. The van der Waals surface area contributed by atoms with Crippen molar-refractivity contribution in [1.29, 1.82) is 0 Å². The number of ether oxygens (including phenoxy) is 1. The minimum Gasteiger partial charge on any atom is -0.370 e. The number of allylic oxidation sites excluding steroid dienone is 1. The highest BCUT2D eigenvalue weighted by Gasteiger charge is 2.48. The predicted octanol–water partition coefficient (Wildman–Crippen LogP) is 2.52. The van der Waals surface area contributed by atoms with E-state index in [-0.39, 0.29) is 5.60 Å². The summed E-state index contributed by atoms with van der Waals surface area (Å²) in [6.07, 6.45) is 11.5. The van der Waals surface area contributed by atoms with E-state index in [1.165, 1.54) is 32.1 Å². The van der Waals surface area contributed by atoms with E-state index in [2.05, 4.69) is 12.2 Å². The fraction of sp³-hybridized carbons (Fsp3) is 0.818. The molecule has 0 amide bonds. The molecule has 0 aromatic heterocycles. The molecule has 0 N–H and O–H groups in total. The van der Waals surface area contributed by atoms with Gasteiger partial charge < -0.3 is 4.74 Å². The van der Waals surface area contributed by atoms with Crippen molar-refractivity contribution >= 4 is 0 Å². The first-order valence-electron chi connectivity index (χ1n) is 5.21. The monoisotopic (exact) mass is 164 g/mol. The maximum absolute atomic E-state index is 5.98. The highest BCUT2D eigenvalue weighted by Crippen LogP contribution is 2.49. The van der Waals surface area contributed by atoms with Crippen molar-refractivity contribution in [2.75, 3.05) is 6.61 Å². The van der Waals surface area contributed by atoms with Gasteiger partial charge in [-0.2, -0.15) is 0 Å². The average molecular weight is 164 g/mol. The van der Waals surface area contributed by atoms with E-state index in [0.29, 0.717) is 0 Å². The Hall–Kier alpha value is -0.300. The van der Waals surface area contributed by atoms with Crippen LogP contribution in [0.1, 0.15) is 32.1 Å². The largest absolute Gasteiger partial charge is 0.370 e. The number of rotatable bonds is 0. The van der Waals surface area contributed by atoms with E-state index < -0.39 is 0 Å². The Morgan fingerprint density at radius 3 is 3.25 bits per heavy atom. The van der Waals surface area contributed by atoms with Gasteiger partial charge in [-0.25, -0.2) is 0 Å². The van der Waals surface area contributed by atoms with E-state index in [1.54, 1.807) is 0 Å². The summed E-state index contributed by atoms with van der Waals surface area (Å²) in [5.41, 5.74) is 0.209. The maximum atomic E-state index is 5.98. The van der Waals surface area contributed by atoms with Crippen molar-refractivity contribution in [1.82, 2.24) is 0 Å². The van der Waals surface area contributed by atoms with Crippen molar-refractivity contribution < 1.29 is 4.74 Å². The average Bonchev–Trinajstić information content (AvgIpc) is 2.43. The molecule has 2 bridgehead atoms. The van der Waals surface area contributed by atoms with Gasteiger partial charge in [-0.1, -0.05) is 12.2 Å². The van der Waals surface area contributed by atoms with Crippen LogP contribution < -0.4 is 0 Å².